The minimum atomic E-state index is 0.237. The summed E-state index contributed by atoms with van der Waals surface area (Å²) in [5, 5.41) is 7.34. The molecule has 0 aliphatic carbocycles. The minimum absolute atomic E-state index is 0.237. The molecular formula is C13H22N8. The molecule has 0 aliphatic heterocycles. The second kappa shape index (κ2) is 7.41. The maximum Gasteiger partial charge on any atom is 0.231 e. The van der Waals surface area contributed by atoms with E-state index in [2.05, 4.69) is 39.2 Å². The molecule has 0 saturated heterocycles. The first-order valence-electron chi connectivity index (χ1n) is 7.20. The van der Waals surface area contributed by atoms with Crippen LogP contribution in [0.5, 0.6) is 0 Å². The predicted octanol–water partition coefficient (Wildman–Crippen LogP) is 0.999. The maximum absolute atomic E-state index is 5.75. The Morgan fingerprint density at radius 2 is 2.05 bits per heavy atom. The van der Waals surface area contributed by atoms with Gasteiger partial charge in [0.2, 0.25) is 17.8 Å². The van der Waals surface area contributed by atoms with Gasteiger partial charge in [0.15, 0.2) is 0 Å². The fourth-order valence-corrected chi connectivity index (χ4v) is 1.98. The van der Waals surface area contributed by atoms with Crippen LogP contribution in [-0.2, 0) is 6.54 Å². The van der Waals surface area contributed by atoms with Crippen LogP contribution >= 0.6 is 0 Å². The summed E-state index contributed by atoms with van der Waals surface area (Å²) in [7, 11) is 0. The number of hydrogen-bond donors (Lipinski definition) is 2. The highest BCUT2D eigenvalue weighted by Gasteiger charge is 2.09. The Kier molecular flexibility index (Phi) is 5.30. The Morgan fingerprint density at radius 3 is 2.71 bits per heavy atom. The molecule has 2 heterocycles. The van der Waals surface area contributed by atoms with E-state index in [1.807, 2.05) is 21.8 Å². The van der Waals surface area contributed by atoms with Crippen LogP contribution in [-0.4, -0.2) is 44.4 Å². The number of hydrogen-bond acceptors (Lipinski definition) is 7. The summed E-state index contributed by atoms with van der Waals surface area (Å²) in [6, 6.07) is 1.91. The fraction of sp³-hybridized carbons (Fsp3) is 0.538. The van der Waals surface area contributed by atoms with Crippen molar-refractivity contribution >= 4 is 17.8 Å². The molecule has 2 rings (SSSR count). The molecule has 0 bridgehead atoms. The molecule has 0 spiro atoms. The van der Waals surface area contributed by atoms with Gasteiger partial charge in [-0.3, -0.25) is 4.68 Å². The van der Waals surface area contributed by atoms with Gasteiger partial charge >= 0.3 is 0 Å². The predicted molar refractivity (Wildman–Crippen MR) is 83.1 cm³/mol. The number of nitrogen functional groups attached to an aromatic ring is 1. The zero-order valence-electron chi connectivity index (χ0n) is 12.5. The Balaban J connectivity index is 1.90. The van der Waals surface area contributed by atoms with Crippen LogP contribution < -0.4 is 16.0 Å². The van der Waals surface area contributed by atoms with Crippen molar-refractivity contribution in [2.24, 2.45) is 0 Å². The molecule has 8 heteroatoms. The normalized spacial score (nSPS) is 10.6. The van der Waals surface area contributed by atoms with Crippen molar-refractivity contribution in [2.45, 2.75) is 26.8 Å². The monoisotopic (exact) mass is 290 g/mol. The first-order chi connectivity index (χ1) is 10.2. The Bertz CT molecular complexity index is 535. The highest BCUT2D eigenvalue weighted by molar-refractivity contribution is 5.41. The number of rotatable bonds is 8. The zero-order valence-corrected chi connectivity index (χ0v) is 12.5. The van der Waals surface area contributed by atoms with Gasteiger partial charge in [-0.25, -0.2) is 0 Å². The van der Waals surface area contributed by atoms with E-state index in [9.17, 15) is 0 Å². The molecule has 0 aromatic carbocycles. The molecule has 8 nitrogen and oxygen atoms in total. The molecule has 3 N–H and O–H groups in total. The van der Waals surface area contributed by atoms with Crippen molar-refractivity contribution in [1.29, 1.82) is 0 Å². The van der Waals surface area contributed by atoms with Crippen molar-refractivity contribution in [3.63, 3.8) is 0 Å². The van der Waals surface area contributed by atoms with Gasteiger partial charge in [-0.2, -0.15) is 20.1 Å². The number of nitrogens with one attached hydrogen (secondary N) is 1. The van der Waals surface area contributed by atoms with E-state index >= 15 is 0 Å². The fourth-order valence-electron chi connectivity index (χ4n) is 1.98. The van der Waals surface area contributed by atoms with Gasteiger partial charge in [-0.1, -0.05) is 0 Å². The molecule has 0 atom stereocenters. The Hall–Kier alpha value is -2.38. The summed E-state index contributed by atoms with van der Waals surface area (Å²) in [6.07, 6.45) is 4.64. The third-order valence-corrected chi connectivity index (χ3v) is 3.09. The molecule has 0 aliphatic rings. The van der Waals surface area contributed by atoms with Crippen LogP contribution in [0.2, 0.25) is 0 Å². The van der Waals surface area contributed by atoms with Crippen molar-refractivity contribution in [1.82, 2.24) is 24.7 Å². The van der Waals surface area contributed by atoms with Crippen molar-refractivity contribution in [3.05, 3.63) is 18.5 Å². The van der Waals surface area contributed by atoms with Crippen LogP contribution in [0.25, 0.3) is 0 Å². The van der Waals surface area contributed by atoms with Gasteiger partial charge in [0, 0.05) is 38.6 Å². The molecule has 0 unspecified atom stereocenters. The molecule has 114 valence electrons. The van der Waals surface area contributed by atoms with Gasteiger partial charge in [0.25, 0.3) is 0 Å². The second-order valence-corrected chi connectivity index (χ2v) is 4.54. The molecular weight excluding hydrogens is 268 g/mol. The van der Waals surface area contributed by atoms with Crippen LogP contribution in [0.15, 0.2) is 18.5 Å². The lowest BCUT2D eigenvalue weighted by molar-refractivity contribution is 0.591. The lowest BCUT2D eigenvalue weighted by atomic mass is 10.4. The van der Waals surface area contributed by atoms with Gasteiger partial charge in [0.05, 0.1) is 0 Å². The molecule has 0 fully saturated rings. The molecule has 0 radical (unpaired) electrons. The highest BCUT2D eigenvalue weighted by atomic mass is 15.3. The summed E-state index contributed by atoms with van der Waals surface area (Å²) >= 11 is 0. The number of anilines is 3. The number of nitrogens with two attached hydrogens (primary N) is 1. The minimum Gasteiger partial charge on any atom is -0.368 e. The van der Waals surface area contributed by atoms with Crippen molar-refractivity contribution in [3.8, 4) is 0 Å². The summed E-state index contributed by atoms with van der Waals surface area (Å²) < 4.78 is 1.89. The Labute approximate surface area is 124 Å². The van der Waals surface area contributed by atoms with Crippen LogP contribution in [0.1, 0.15) is 20.3 Å². The maximum atomic E-state index is 5.75. The SMILES string of the molecule is CCN(CC)c1nc(N)nc(NCCCn2cccn2)n1. The average Bonchev–Trinajstić information content (AvgIpc) is 2.98. The molecule has 21 heavy (non-hydrogen) atoms. The van der Waals surface area contributed by atoms with E-state index in [1.54, 1.807) is 6.20 Å². The molecule has 0 amide bonds. The van der Waals surface area contributed by atoms with E-state index < -0.39 is 0 Å². The van der Waals surface area contributed by atoms with E-state index in [0.717, 1.165) is 32.6 Å². The number of aromatic nitrogens is 5. The first-order valence-corrected chi connectivity index (χ1v) is 7.20. The third kappa shape index (κ3) is 4.30. The summed E-state index contributed by atoms with van der Waals surface area (Å²) in [5.41, 5.74) is 5.75. The van der Waals surface area contributed by atoms with Gasteiger partial charge in [-0.05, 0) is 26.3 Å². The summed E-state index contributed by atoms with van der Waals surface area (Å²) in [5.74, 6) is 1.37. The van der Waals surface area contributed by atoms with E-state index in [1.165, 1.54) is 0 Å². The van der Waals surface area contributed by atoms with E-state index in [-0.39, 0.29) is 5.95 Å². The van der Waals surface area contributed by atoms with Gasteiger partial charge < -0.3 is 16.0 Å². The third-order valence-electron chi connectivity index (χ3n) is 3.09. The highest BCUT2D eigenvalue weighted by Crippen LogP contribution is 2.11. The topological polar surface area (TPSA) is 97.8 Å². The van der Waals surface area contributed by atoms with E-state index in [4.69, 9.17) is 5.73 Å². The van der Waals surface area contributed by atoms with Crippen LogP contribution in [0.4, 0.5) is 17.8 Å². The largest absolute Gasteiger partial charge is 0.368 e. The zero-order chi connectivity index (χ0) is 15.1. The van der Waals surface area contributed by atoms with Crippen LogP contribution in [0.3, 0.4) is 0 Å². The first kappa shape index (κ1) is 15.0. The van der Waals surface area contributed by atoms with Gasteiger partial charge in [0.1, 0.15) is 0 Å². The smallest absolute Gasteiger partial charge is 0.231 e. The van der Waals surface area contributed by atoms with Gasteiger partial charge in [-0.15, -0.1) is 0 Å². The quantitative estimate of drug-likeness (QED) is 0.700. The summed E-state index contributed by atoms with van der Waals surface area (Å²) in [4.78, 5) is 14.7. The summed E-state index contributed by atoms with van der Waals surface area (Å²) in [6.45, 7) is 7.38. The number of aryl methyl sites for hydroxylation is 1. The number of nitrogens with zero attached hydrogens (tertiary/aromatic N) is 6. The van der Waals surface area contributed by atoms with E-state index in [0.29, 0.717) is 11.9 Å². The lowest BCUT2D eigenvalue weighted by Crippen LogP contribution is -2.25. The standard InChI is InChI=1S/C13H22N8/c1-3-20(4-2)13-18-11(14)17-12(19-13)15-7-5-9-21-10-6-8-16-21/h6,8,10H,3-5,7,9H2,1-2H3,(H3,14,15,17,18,19). The molecule has 2 aromatic heterocycles. The lowest BCUT2D eigenvalue weighted by Gasteiger charge is -2.19. The second-order valence-electron chi connectivity index (χ2n) is 4.54. The molecule has 0 saturated carbocycles. The average molecular weight is 290 g/mol. The van der Waals surface area contributed by atoms with Crippen molar-refractivity contribution < 1.29 is 0 Å². The van der Waals surface area contributed by atoms with Crippen LogP contribution in [0, 0.1) is 0 Å². The Morgan fingerprint density at radius 1 is 1.24 bits per heavy atom. The van der Waals surface area contributed by atoms with Crippen molar-refractivity contribution in [2.75, 3.05) is 35.6 Å². The molecule has 2 aromatic rings.